The van der Waals surface area contributed by atoms with E-state index in [1.165, 1.54) is 23.5 Å². The van der Waals surface area contributed by atoms with Crippen molar-refractivity contribution in [2.45, 2.75) is 12.5 Å². The van der Waals surface area contributed by atoms with Gasteiger partial charge in [0.15, 0.2) is 5.75 Å². The van der Waals surface area contributed by atoms with E-state index in [0.717, 1.165) is 29.7 Å². The van der Waals surface area contributed by atoms with E-state index in [0.29, 0.717) is 34.1 Å². The summed E-state index contributed by atoms with van der Waals surface area (Å²) in [7, 11) is 0. The summed E-state index contributed by atoms with van der Waals surface area (Å²) in [6, 6.07) is 18.2. The number of thiophene rings is 1. The molecule has 4 aromatic rings. The summed E-state index contributed by atoms with van der Waals surface area (Å²) in [6.07, 6.45) is 0.636. The minimum absolute atomic E-state index is 0.0796. The van der Waals surface area contributed by atoms with Crippen LogP contribution in [0.3, 0.4) is 0 Å². The van der Waals surface area contributed by atoms with Gasteiger partial charge in [-0.05, 0) is 73.2 Å². The number of hydrogen-bond acceptors (Lipinski definition) is 7. The monoisotopic (exact) mass is 493 g/mol. The van der Waals surface area contributed by atoms with Gasteiger partial charge < -0.3 is 19.7 Å². The first-order valence-electron chi connectivity index (χ1n) is 11.3. The minimum Gasteiger partial charge on any atom is -0.508 e. The highest BCUT2D eigenvalue weighted by atomic mass is 32.1. The molecule has 0 bridgehead atoms. The van der Waals surface area contributed by atoms with Gasteiger partial charge in [0.2, 0.25) is 5.78 Å². The summed E-state index contributed by atoms with van der Waals surface area (Å²) >= 11 is 1.24. The van der Waals surface area contributed by atoms with Gasteiger partial charge in [0.25, 0.3) is 0 Å². The Labute approximate surface area is 205 Å². The molecule has 1 aliphatic heterocycles. The molecule has 0 atom stereocenters. The number of rotatable bonds is 9. The molecule has 0 aliphatic carbocycles. The smallest absolute Gasteiger partial charge is 0.206 e. The zero-order valence-corrected chi connectivity index (χ0v) is 19.6. The molecule has 5 rings (SSSR count). The number of aromatic hydroxyl groups is 2. The van der Waals surface area contributed by atoms with Crippen molar-refractivity contribution in [3.05, 3.63) is 77.2 Å². The summed E-state index contributed by atoms with van der Waals surface area (Å²) in [5.41, 5.74) is 0.424. The molecule has 1 fully saturated rings. The number of carbonyl (C=O) groups excluding carboxylic acids is 1. The number of nitrogens with zero attached hydrogens (tertiary/aromatic N) is 1. The molecule has 0 radical (unpaired) electrons. The highest BCUT2D eigenvalue weighted by Crippen LogP contribution is 2.43. The first-order chi connectivity index (χ1) is 17.0. The zero-order chi connectivity index (χ0) is 24.4. The van der Waals surface area contributed by atoms with E-state index >= 15 is 0 Å². The van der Waals surface area contributed by atoms with Gasteiger partial charge >= 0.3 is 0 Å². The Hall–Kier alpha value is -3.62. The standard InChI is InChI=1S/C27H24FNO5S/c28-12-1-13-29-15-22(16-29)33-20-7-9-21(10-8-20)34-26-23-11-6-19(31)14-24(23)35-27(26)25(32)17-2-4-18(30)5-3-17/h2-11,14,22,30-31H,1,12-13,15-16H2. The first kappa shape index (κ1) is 23.1. The summed E-state index contributed by atoms with van der Waals surface area (Å²) < 4.78 is 25.2. The van der Waals surface area contributed by atoms with Crippen molar-refractivity contribution in [2.24, 2.45) is 0 Å². The highest BCUT2D eigenvalue weighted by molar-refractivity contribution is 7.21. The molecular formula is C27H24FNO5S. The van der Waals surface area contributed by atoms with Crippen molar-refractivity contribution in [1.82, 2.24) is 4.90 Å². The largest absolute Gasteiger partial charge is 0.508 e. The third-order valence-electron chi connectivity index (χ3n) is 5.84. The van der Waals surface area contributed by atoms with Crippen molar-refractivity contribution >= 4 is 27.2 Å². The van der Waals surface area contributed by atoms with Crippen LogP contribution in [-0.2, 0) is 0 Å². The van der Waals surface area contributed by atoms with E-state index in [2.05, 4.69) is 4.90 Å². The molecule has 2 N–H and O–H groups in total. The van der Waals surface area contributed by atoms with E-state index in [1.54, 1.807) is 42.5 Å². The van der Waals surface area contributed by atoms with E-state index < -0.39 is 0 Å². The van der Waals surface area contributed by atoms with Gasteiger partial charge in [-0.2, -0.15) is 0 Å². The van der Waals surface area contributed by atoms with E-state index in [-0.39, 0.29) is 30.1 Å². The predicted molar refractivity (Wildman–Crippen MR) is 133 cm³/mol. The Bertz CT molecular complexity index is 1330. The number of ether oxygens (including phenoxy) is 2. The van der Waals surface area contributed by atoms with Crippen LogP contribution in [0.2, 0.25) is 0 Å². The normalized spacial score (nSPS) is 14.1. The summed E-state index contributed by atoms with van der Waals surface area (Å²) in [6.45, 7) is 2.02. The van der Waals surface area contributed by atoms with Gasteiger partial charge in [0.05, 0.1) is 6.67 Å². The van der Waals surface area contributed by atoms with Crippen LogP contribution >= 0.6 is 11.3 Å². The summed E-state index contributed by atoms with van der Waals surface area (Å²) in [5.74, 6) is 1.63. The van der Waals surface area contributed by atoms with Crippen molar-refractivity contribution in [2.75, 3.05) is 26.3 Å². The van der Waals surface area contributed by atoms with Crippen LogP contribution in [0.5, 0.6) is 28.7 Å². The van der Waals surface area contributed by atoms with Gasteiger partial charge in [-0.15, -0.1) is 11.3 Å². The summed E-state index contributed by atoms with van der Waals surface area (Å²) in [5, 5.41) is 20.2. The number of phenols is 2. The molecule has 1 aliphatic rings. The number of alkyl halides is 1. The second-order valence-corrected chi connectivity index (χ2v) is 9.48. The maximum absolute atomic E-state index is 13.3. The average Bonchev–Trinajstić information content (AvgIpc) is 3.18. The fourth-order valence-electron chi connectivity index (χ4n) is 4.02. The number of halogens is 1. The SMILES string of the molecule is O=C(c1ccc(O)cc1)c1sc2cc(O)ccc2c1Oc1ccc(OC2CN(CCCF)C2)cc1. The number of fused-ring (bicyclic) bond motifs is 1. The van der Waals surface area contributed by atoms with Crippen LogP contribution in [-0.4, -0.2) is 53.3 Å². The molecule has 180 valence electrons. The number of phenolic OH excluding ortho intramolecular Hbond substituents is 2. The number of likely N-dealkylation sites (tertiary alicyclic amines) is 1. The van der Waals surface area contributed by atoms with E-state index in [4.69, 9.17) is 9.47 Å². The predicted octanol–water partition coefficient (Wildman–Crippen LogP) is 5.76. The molecule has 1 saturated heterocycles. The fraction of sp³-hybridized carbons (Fsp3) is 0.222. The second-order valence-electron chi connectivity index (χ2n) is 8.43. The topological polar surface area (TPSA) is 79.2 Å². The van der Waals surface area contributed by atoms with Gasteiger partial charge in [0, 0.05) is 35.3 Å². The Morgan fingerprint density at radius 2 is 1.66 bits per heavy atom. The molecule has 1 aromatic heterocycles. The Balaban J connectivity index is 1.35. The number of hydrogen-bond donors (Lipinski definition) is 2. The number of benzene rings is 3. The van der Waals surface area contributed by atoms with Gasteiger partial charge in [0.1, 0.15) is 34.0 Å². The van der Waals surface area contributed by atoms with Crippen LogP contribution in [0.25, 0.3) is 10.1 Å². The van der Waals surface area contributed by atoms with Crippen molar-refractivity contribution in [3.63, 3.8) is 0 Å². The van der Waals surface area contributed by atoms with Gasteiger partial charge in [-0.25, -0.2) is 0 Å². The lowest BCUT2D eigenvalue weighted by Crippen LogP contribution is -2.53. The molecule has 0 saturated carbocycles. The zero-order valence-electron chi connectivity index (χ0n) is 18.8. The molecule has 8 heteroatoms. The molecular weight excluding hydrogens is 469 g/mol. The second kappa shape index (κ2) is 9.93. The molecule has 0 spiro atoms. The first-order valence-corrected chi connectivity index (χ1v) is 12.1. The Kier molecular flexibility index (Phi) is 6.57. The molecule has 3 aromatic carbocycles. The van der Waals surface area contributed by atoms with Crippen LogP contribution < -0.4 is 9.47 Å². The van der Waals surface area contributed by atoms with E-state index in [1.807, 2.05) is 12.1 Å². The molecule has 2 heterocycles. The highest BCUT2D eigenvalue weighted by Gasteiger charge is 2.28. The fourth-order valence-corrected chi connectivity index (χ4v) is 5.14. The average molecular weight is 494 g/mol. The Morgan fingerprint density at radius 1 is 0.971 bits per heavy atom. The quantitative estimate of drug-likeness (QED) is 0.289. The minimum atomic E-state index is -0.299. The third kappa shape index (κ3) is 5.08. The van der Waals surface area contributed by atoms with Gasteiger partial charge in [-0.3, -0.25) is 14.1 Å². The molecule has 0 unspecified atom stereocenters. The molecule has 35 heavy (non-hydrogen) atoms. The lowest BCUT2D eigenvalue weighted by atomic mass is 10.1. The van der Waals surface area contributed by atoms with Gasteiger partial charge in [-0.1, -0.05) is 0 Å². The molecule has 6 nitrogen and oxygen atoms in total. The maximum atomic E-state index is 13.3. The Morgan fingerprint density at radius 3 is 2.37 bits per heavy atom. The van der Waals surface area contributed by atoms with Crippen LogP contribution in [0.15, 0.2) is 66.7 Å². The van der Waals surface area contributed by atoms with E-state index in [9.17, 15) is 19.4 Å². The van der Waals surface area contributed by atoms with Crippen molar-refractivity contribution in [3.8, 4) is 28.7 Å². The third-order valence-corrected chi connectivity index (χ3v) is 6.97. The van der Waals surface area contributed by atoms with Crippen LogP contribution in [0.4, 0.5) is 4.39 Å². The van der Waals surface area contributed by atoms with Crippen LogP contribution in [0.1, 0.15) is 21.7 Å². The van der Waals surface area contributed by atoms with Crippen molar-refractivity contribution < 1.29 is 28.9 Å². The molecule has 0 amide bonds. The summed E-state index contributed by atoms with van der Waals surface area (Å²) in [4.78, 5) is 15.8. The lowest BCUT2D eigenvalue weighted by Gasteiger charge is -2.38. The maximum Gasteiger partial charge on any atom is 0.206 e. The number of carbonyl (C=O) groups is 1. The van der Waals surface area contributed by atoms with Crippen molar-refractivity contribution in [1.29, 1.82) is 0 Å². The number of ketones is 1. The van der Waals surface area contributed by atoms with Crippen LogP contribution in [0, 0.1) is 0 Å². The lowest BCUT2D eigenvalue weighted by molar-refractivity contribution is 0.0184.